The summed E-state index contributed by atoms with van der Waals surface area (Å²) in [4.78, 5) is 4.24. The topological polar surface area (TPSA) is 90.0 Å². The molecule has 0 bridgehead atoms. The van der Waals surface area contributed by atoms with E-state index in [9.17, 15) is 8.42 Å². The summed E-state index contributed by atoms with van der Waals surface area (Å²) < 4.78 is 29.2. The maximum Gasteiger partial charge on any atom is 0.259 e. The van der Waals surface area contributed by atoms with E-state index in [-0.39, 0.29) is 30.0 Å². The van der Waals surface area contributed by atoms with Crippen molar-refractivity contribution in [2.75, 3.05) is 6.54 Å². The molecular formula is C15H21ClN4O2S. The van der Waals surface area contributed by atoms with E-state index < -0.39 is 10.0 Å². The fourth-order valence-corrected chi connectivity index (χ4v) is 3.65. The highest BCUT2D eigenvalue weighted by atomic mass is 35.5. The summed E-state index contributed by atoms with van der Waals surface area (Å²) in [6.45, 7) is 0.982. The number of hydrogen-bond donors (Lipinski definition) is 2. The van der Waals surface area contributed by atoms with Gasteiger partial charge in [-0.25, -0.2) is 18.1 Å². The lowest BCUT2D eigenvalue weighted by Gasteiger charge is -2.12. The fraction of sp³-hybridized carbons (Fsp3) is 0.400. The number of sulfonamides is 1. The van der Waals surface area contributed by atoms with Gasteiger partial charge in [-0.3, -0.25) is 0 Å². The van der Waals surface area contributed by atoms with Gasteiger partial charge in [-0.05, 0) is 18.4 Å². The maximum absolute atomic E-state index is 12.3. The second kappa shape index (κ2) is 7.44. The van der Waals surface area contributed by atoms with Crippen LogP contribution in [0, 0.1) is 0 Å². The third kappa shape index (κ3) is 4.11. The molecule has 23 heavy (non-hydrogen) atoms. The molecule has 0 spiro atoms. The molecule has 0 amide bonds. The molecule has 0 fully saturated rings. The Hall–Kier alpha value is -1.41. The van der Waals surface area contributed by atoms with Crippen molar-refractivity contribution < 1.29 is 8.42 Å². The first-order valence-electron chi connectivity index (χ1n) is 7.42. The zero-order valence-electron chi connectivity index (χ0n) is 12.7. The number of hydrogen-bond acceptors (Lipinski definition) is 4. The number of rotatable bonds is 5. The van der Waals surface area contributed by atoms with Gasteiger partial charge in [0.25, 0.3) is 10.0 Å². The van der Waals surface area contributed by atoms with Crippen LogP contribution in [0.3, 0.4) is 0 Å². The highest BCUT2D eigenvalue weighted by Crippen LogP contribution is 2.17. The number of benzene rings is 1. The Labute approximate surface area is 142 Å². The fourth-order valence-electron chi connectivity index (χ4n) is 2.61. The molecule has 1 atom stereocenters. The number of nitrogens with zero attached hydrogens (tertiary/aromatic N) is 2. The van der Waals surface area contributed by atoms with E-state index in [0.29, 0.717) is 0 Å². The Kier molecular flexibility index (Phi) is 5.80. The van der Waals surface area contributed by atoms with E-state index in [2.05, 4.69) is 9.71 Å². The Bertz CT molecular complexity index is 723. The SMILES string of the molecule is Cl.NC(CNS(=O)(=O)c1cn2c(n1)CCCC2)c1ccccc1. The third-order valence-electron chi connectivity index (χ3n) is 3.88. The lowest BCUT2D eigenvalue weighted by Crippen LogP contribution is -2.32. The van der Waals surface area contributed by atoms with Gasteiger partial charge in [-0.1, -0.05) is 30.3 Å². The molecule has 1 unspecified atom stereocenters. The number of aryl methyl sites for hydroxylation is 2. The summed E-state index contributed by atoms with van der Waals surface area (Å²) in [5.41, 5.74) is 6.92. The van der Waals surface area contributed by atoms with Gasteiger partial charge >= 0.3 is 0 Å². The molecule has 1 aliphatic rings. The summed E-state index contributed by atoms with van der Waals surface area (Å²) in [5, 5.41) is 0.0876. The standard InChI is InChI=1S/C15H20N4O2S.ClH/c16-13(12-6-2-1-3-7-12)10-17-22(20,21)15-11-19-9-5-4-8-14(19)18-15;/h1-3,6-7,11,13,17H,4-5,8-10,16H2;1H. The van der Waals surface area contributed by atoms with Gasteiger partial charge in [0.1, 0.15) is 5.82 Å². The van der Waals surface area contributed by atoms with Crippen LogP contribution in [0.4, 0.5) is 0 Å². The van der Waals surface area contributed by atoms with E-state index in [1.165, 1.54) is 0 Å². The predicted octanol–water partition coefficient (Wildman–Crippen LogP) is 1.62. The van der Waals surface area contributed by atoms with Crippen molar-refractivity contribution in [3.05, 3.63) is 47.9 Å². The summed E-state index contributed by atoms with van der Waals surface area (Å²) in [6.07, 6.45) is 4.57. The largest absolute Gasteiger partial charge is 0.333 e. The minimum absolute atomic E-state index is 0. The summed E-state index contributed by atoms with van der Waals surface area (Å²) >= 11 is 0. The second-order valence-electron chi connectivity index (χ2n) is 5.51. The first-order chi connectivity index (χ1) is 10.6. The van der Waals surface area contributed by atoms with Crippen LogP contribution in [-0.2, 0) is 23.0 Å². The molecule has 1 aromatic heterocycles. The number of fused-ring (bicyclic) bond motifs is 1. The lowest BCUT2D eigenvalue weighted by molar-refractivity contribution is 0.522. The smallest absolute Gasteiger partial charge is 0.259 e. The molecule has 0 radical (unpaired) electrons. The second-order valence-corrected chi connectivity index (χ2v) is 7.23. The van der Waals surface area contributed by atoms with Crippen LogP contribution in [0.25, 0.3) is 0 Å². The van der Waals surface area contributed by atoms with Crippen LogP contribution >= 0.6 is 12.4 Å². The van der Waals surface area contributed by atoms with Crippen molar-refractivity contribution in [3.63, 3.8) is 0 Å². The normalized spacial score (nSPS) is 15.5. The molecular weight excluding hydrogens is 336 g/mol. The molecule has 3 N–H and O–H groups in total. The zero-order chi connectivity index (χ0) is 15.6. The van der Waals surface area contributed by atoms with Crippen molar-refractivity contribution in [2.45, 2.75) is 36.9 Å². The molecule has 2 heterocycles. The van der Waals surface area contributed by atoms with Gasteiger partial charge in [-0.2, -0.15) is 0 Å². The molecule has 2 aromatic rings. The molecule has 3 rings (SSSR count). The number of nitrogens with one attached hydrogen (secondary N) is 1. The molecule has 6 nitrogen and oxygen atoms in total. The average molecular weight is 357 g/mol. The van der Waals surface area contributed by atoms with Crippen LogP contribution in [0.15, 0.2) is 41.6 Å². The number of halogens is 1. The van der Waals surface area contributed by atoms with Crippen molar-refractivity contribution in [1.29, 1.82) is 0 Å². The Morgan fingerprint density at radius 1 is 1.26 bits per heavy atom. The zero-order valence-corrected chi connectivity index (χ0v) is 14.3. The quantitative estimate of drug-likeness (QED) is 0.851. The molecule has 0 saturated heterocycles. The molecule has 0 aliphatic carbocycles. The first kappa shape index (κ1) is 17.9. The molecule has 8 heteroatoms. The summed E-state index contributed by atoms with van der Waals surface area (Å²) in [7, 11) is -3.62. The first-order valence-corrected chi connectivity index (χ1v) is 8.91. The van der Waals surface area contributed by atoms with Gasteiger partial charge in [-0.15, -0.1) is 12.4 Å². The Balaban J connectivity index is 0.00000192. The Morgan fingerprint density at radius 2 is 2.00 bits per heavy atom. The van der Waals surface area contributed by atoms with Gasteiger partial charge in [0.2, 0.25) is 0 Å². The third-order valence-corrected chi connectivity index (χ3v) is 5.18. The van der Waals surface area contributed by atoms with E-state index >= 15 is 0 Å². The number of aromatic nitrogens is 2. The van der Waals surface area contributed by atoms with Crippen molar-refractivity contribution >= 4 is 22.4 Å². The minimum atomic E-state index is -3.62. The number of imidazole rings is 1. The van der Waals surface area contributed by atoms with Crippen LogP contribution in [0.1, 0.15) is 30.3 Å². The van der Waals surface area contributed by atoms with Gasteiger partial charge in [0, 0.05) is 31.7 Å². The number of nitrogens with two attached hydrogens (primary N) is 1. The van der Waals surface area contributed by atoms with Crippen LogP contribution in [0.5, 0.6) is 0 Å². The monoisotopic (exact) mass is 356 g/mol. The lowest BCUT2D eigenvalue weighted by atomic mass is 10.1. The average Bonchev–Trinajstić information content (AvgIpc) is 2.98. The molecule has 1 aliphatic heterocycles. The maximum atomic E-state index is 12.3. The minimum Gasteiger partial charge on any atom is -0.333 e. The van der Waals surface area contributed by atoms with Gasteiger partial charge in [0.15, 0.2) is 5.03 Å². The Morgan fingerprint density at radius 3 is 2.70 bits per heavy atom. The van der Waals surface area contributed by atoms with Crippen molar-refractivity contribution in [3.8, 4) is 0 Å². The van der Waals surface area contributed by atoms with E-state index in [1.54, 1.807) is 6.20 Å². The highest BCUT2D eigenvalue weighted by molar-refractivity contribution is 7.89. The van der Waals surface area contributed by atoms with E-state index in [0.717, 1.165) is 37.2 Å². The van der Waals surface area contributed by atoms with E-state index in [1.807, 2.05) is 34.9 Å². The van der Waals surface area contributed by atoms with Crippen LogP contribution < -0.4 is 10.5 Å². The van der Waals surface area contributed by atoms with Gasteiger partial charge < -0.3 is 10.3 Å². The molecule has 1 aromatic carbocycles. The molecule has 0 saturated carbocycles. The van der Waals surface area contributed by atoms with Crippen molar-refractivity contribution in [2.24, 2.45) is 5.73 Å². The molecule has 126 valence electrons. The summed E-state index contributed by atoms with van der Waals surface area (Å²) in [6, 6.07) is 9.05. The van der Waals surface area contributed by atoms with Gasteiger partial charge in [0.05, 0.1) is 0 Å². The van der Waals surface area contributed by atoms with Crippen LogP contribution in [0.2, 0.25) is 0 Å². The summed E-state index contributed by atoms with van der Waals surface area (Å²) in [5.74, 6) is 0.846. The predicted molar refractivity (Wildman–Crippen MR) is 91.0 cm³/mol. The van der Waals surface area contributed by atoms with Crippen molar-refractivity contribution in [1.82, 2.24) is 14.3 Å². The highest BCUT2D eigenvalue weighted by Gasteiger charge is 2.22. The van der Waals surface area contributed by atoms with E-state index in [4.69, 9.17) is 5.73 Å². The van der Waals surface area contributed by atoms with Crippen LogP contribution in [-0.4, -0.2) is 24.5 Å².